The fraction of sp³-hybridized carbons (Fsp3) is 0.195. The molecule has 0 N–H and O–H groups in total. The standard InChI is InChI=1S/C41H38N4O3.ClH/c1-30-24-35(25-31(2)41(30)48-39-18-17-38(27-43-39)47-29-34-10-8-32(26-42)9-11-34)14-19-40(46)45-22-20-44(21-23-45)28-33-12-15-37(16-13-33)36-6-4-3-5-7-36;/h3-19,24-25,27H,20-23,28-29H2,1-2H3;1H/b19-14+;. The molecule has 0 spiro atoms. The number of carbonyl (C=O) groups excluding carboxylic acids is 1. The van der Waals surface area contributed by atoms with E-state index in [1.165, 1.54) is 16.7 Å². The number of aromatic nitrogens is 1. The molecule has 0 radical (unpaired) electrons. The van der Waals surface area contributed by atoms with Crippen LogP contribution in [-0.2, 0) is 17.9 Å². The molecule has 1 amide bonds. The van der Waals surface area contributed by atoms with Gasteiger partial charge in [-0.2, -0.15) is 5.26 Å². The van der Waals surface area contributed by atoms with Crippen LogP contribution in [0.1, 0.15) is 33.4 Å². The highest BCUT2D eigenvalue weighted by atomic mass is 35.5. The lowest BCUT2D eigenvalue weighted by atomic mass is 10.0. The van der Waals surface area contributed by atoms with Crippen molar-refractivity contribution < 1.29 is 14.3 Å². The highest BCUT2D eigenvalue weighted by molar-refractivity contribution is 5.92. The number of carbonyl (C=O) groups is 1. The molecule has 0 saturated carbocycles. The van der Waals surface area contributed by atoms with E-state index in [9.17, 15) is 4.79 Å². The minimum Gasteiger partial charge on any atom is -0.487 e. The molecule has 8 heteroatoms. The van der Waals surface area contributed by atoms with Crippen molar-refractivity contribution in [1.29, 1.82) is 5.26 Å². The molecule has 0 unspecified atom stereocenters. The number of pyridine rings is 1. The van der Waals surface area contributed by atoms with Crippen molar-refractivity contribution in [2.24, 2.45) is 0 Å². The number of nitrogens with zero attached hydrogens (tertiary/aromatic N) is 4. The Morgan fingerprint density at radius 3 is 2.12 bits per heavy atom. The van der Waals surface area contributed by atoms with Gasteiger partial charge in [0.2, 0.25) is 11.8 Å². The molecule has 0 bridgehead atoms. The quantitative estimate of drug-likeness (QED) is 0.139. The van der Waals surface area contributed by atoms with E-state index in [0.717, 1.165) is 47.6 Å². The summed E-state index contributed by atoms with van der Waals surface area (Å²) in [4.78, 5) is 21.8. The molecule has 4 aromatic carbocycles. The van der Waals surface area contributed by atoms with Gasteiger partial charge < -0.3 is 14.4 Å². The monoisotopic (exact) mass is 670 g/mol. The summed E-state index contributed by atoms with van der Waals surface area (Å²) in [6.07, 6.45) is 5.19. The molecular weight excluding hydrogens is 632 g/mol. The summed E-state index contributed by atoms with van der Waals surface area (Å²) in [5, 5.41) is 8.95. The third kappa shape index (κ3) is 9.35. The van der Waals surface area contributed by atoms with Crippen LogP contribution in [0.2, 0.25) is 0 Å². The topological polar surface area (TPSA) is 78.7 Å². The van der Waals surface area contributed by atoms with Gasteiger partial charge in [-0.1, -0.05) is 66.7 Å². The van der Waals surface area contributed by atoms with Crippen LogP contribution in [-0.4, -0.2) is 46.9 Å². The van der Waals surface area contributed by atoms with Crippen LogP contribution < -0.4 is 9.47 Å². The molecule has 0 aliphatic carbocycles. The Bertz CT molecular complexity index is 1890. The predicted octanol–water partition coefficient (Wildman–Crippen LogP) is 8.39. The van der Waals surface area contributed by atoms with Gasteiger partial charge >= 0.3 is 0 Å². The number of amides is 1. The van der Waals surface area contributed by atoms with E-state index >= 15 is 0 Å². The van der Waals surface area contributed by atoms with Crippen LogP contribution in [0.4, 0.5) is 0 Å². The first kappa shape index (κ1) is 34.9. The van der Waals surface area contributed by atoms with Crippen molar-refractivity contribution >= 4 is 24.4 Å². The minimum absolute atomic E-state index is 0. The van der Waals surface area contributed by atoms with Crippen molar-refractivity contribution in [3.63, 3.8) is 0 Å². The predicted molar refractivity (Wildman–Crippen MR) is 196 cm³/mol. The summed E-state index contributed by atoms with van der Waals surface area (Å²) in [7, 11) is 0. The molecule has 5 aromatic rings. The lowest BCUT2D eigenvalue weighted by molar-refractivity contribution is -0.127. The zero-order valence-corrected chi connectivity index (χ0v) is 28.5. The first-order valence-electron chi connectivity index (χ1n) is 16.1. The van der Waals surface area contributed by atoms with Gasteiger partial charge in [-0.3, -0.25) is 9.69 Å². The van der Waals surface area contributed by atoms with Crippen LogP contribution in [0.5, 0.6) is 17.4 Å². The van der Waals surface area contributed by atoms with Crippen LogP contribution in [0, 0.1) is 25.2 Å². The van der Waals surface area contributed by atoms with Gasteiger partial charge in [0.05, 0.1) is 17.8 Å². The van der Waals surface area contributed by atoms with Crippen molar-refractivity contribution in [3.8, 4) is 34.6 Å². The smallest absolute Gasteiger partial charge is 0.246 e. The molecule has 248 valence electrons. The summed E-state index contributed by atoms with van der Waals surface area (Å²) in [6, 6.07) is 36.2. The van der Waals surface area contributed by atoms with E-state index < -0.39 is 0 Å². The van der Waals surface area contributed by atoms with Gasteiger partial charge in [-0.05, 0) is 89.2 Å². The SMILES string of the molecule is Cc1cc(/C=C/C(=O)N2CCN(Cc3ccc(-c4ccccc4)cc3)CC2)cc(C)c1Oc1ccc(OCc2ccc(C#N)cc2)cn1.Cl. The van der Waals surface area contributed by atoms with E-state index in [4.69, 9.17) is 14.7 Å². The Morgan fingerprint density at radius 2 is 1.49 bits per heavy atom. The summed E-state index contributed by atoms with van der Waals surface area (Å²) in [5.41, 5.74) is 8.17. The van der Waals surface area contributed by atoms with E-state index in [1.54, 1.807) is 30.5 Å². The number of ether oxygens (including phenoxy) is 2. The van der Waals surface area contributed by atoms with Gasteiger partial charge in [-0.15, -0.1) is 12.4 Å². The summed E-state index contributed by atoms with van der Waals surface area (Å²) < 4.78 is 12.0. The third-order valence-electron chi connectivity index (χ3n) is 8.46. The van der Waals surface area contributed by atoms with Gasteiger partial charge in [0, 0.05) is 44.9 Å². The lowest BCUT2D eigenvalue weighted by Gasteiger charge is -2.34. The highest BCUT2D eigenvalue weighted by Crippen LogP contribution is 2.30. The highest BCUT2D eigenvalue weighted by Gasteiger charge is 2.20. The van der Waals surface area contributed by atoms with Gasteiger partial charge in [0.1, 0.15) is 18.1 Å². The first-order chi connectivity index (χ1) is 23.4. The average molecular weight is 671 g/mol. The number of nitriles is 1. The number of halogens is 1. The number of aryl methyl sites for hydroxylation is 2. The number of hydrogen-bond acceptors (Lipinski definition) is 6. The zero-order chi connectivity index (χ0) is 33.3. The van der Waals surface area contributed by atoms with Gasteiger partial charge in [0.15, 0.2) is 0 Å². The lowest BCUT2D eigenvalue weighted by Crippen LogP contribution is -2.47. The Hall–Kier alpha value is -5.42. The Labute approximate surface area is 294 Å². The maximum atomic E-state index is 13.0. The molecule has 1 saturated heterocycles. The first-order valence-corrected chi connectivity index (χ1v) is 16.1. The van der Waals surface area contributed by atoms with Gasteiger partial charge in [0.25, 0.3) is 0 Å². The fourth-order valence-electron chi connectivity index (χ4n) is 5.79. The Balaban J connectivity index is 0.00000468. The largest absolute Gasteiger partial charge is 0.487 e. The summed E-state index contributed by atoms with van der Waals surface area (Å²) in [5.74, 6) is 1.86. The van der Waals surface area contributed by atoms with Crippen molar-refractivity contribution in [1.82, 2.24) is 14.8 Å². The average Bonchev–Trinajstić information content (AvgIpc) is 3.13. The fourth-order valence-corrected chi connectivity index (χ4v) is 5.79. The molecule has 1 aliphatic heterocycles. The minimum atomic E-state index is 0. The van der Waals surface area contributed by atoms with E-state index in [1.807, 2.05) is 61.2 Å². The molecule has 1 aliphatic rings. The maximum Gasteiger partial charge on any atom is 0.246 e. The van der Waals surface area contributed by atoms with Crippen LogP contribution in [0.15, 0.2) is 115 Å². The van der Waals surface area contributed by atoms with E-state index in [0.29, 0.717) is 36.9 Å². The van der Waals surface area contributed by atoms with E-state index in [2.05, 4.69) is 64.5 Å². The number of hydrogen-bond donors (Lipinski definition) is 0. The summed E-state index contributed by atoms with van der Waals surface area (Å²) >= 11 is 0. The molecule has 6 rings (SSSR count). The Morgan fingerprint density at radius 1 is 0.837 bits per heavy atom. The van der Waals surface area contributed by atoms with Crippen molar-refractivity contribution in [2.75, 3.05) is 26.2 Å². The normalized spacial score (nSPS) is 13.0. The van der Waals surface area contributed by atoms with Crippen molar-refractivity contribution in [3.05, 3.63) is 149 Å². The molecule has 2 heterocycles. The summed E-state index contributed by atoms with van der Waals surface area (Å²) in [6.45, 7) is 8.36. The maximum absolute atomic E-state index is 13.0. The zero-order valence-electron chi connectivity index (χ0n) is 27.7. The van der Waals surface area contributed by atoms with E-state index in [-0.39, 0.29) is 18.3 Å². The molecule has 49 heavy (non-hydrogen) atoms. The van der Waals surface area contributed by atoms with Crippen LogP contribution in [0.25, 0.3) is 17.2 Å². The second-order valence-electron chi connectivity index (χ2n) is 12.0. The molecule has 1 fully saturated rings. The number of rotatable bonds is 10. The van der Waals surface area contributed by atoms with Crippen LogP contribution in [0.3, 0.4) is 0 Å². The van der Waals surface area contributed by atoms with Crippen molar-refractivity contribution in [2.45, 2.75) is 27.0 Å². The molecular formula is C41H39ClN4O3. The number of benzene rings is 4. The Kier molecular flexibility index (Phi) is 11.8. The second-order valence-corrected chi connectivity index (χ2v) is 12.0. The van der Waals surface area contributed by atoms with Crippen LogP contribution >= 0.6 is 12.4 Å². The molecule has 1 aromatic heterocycles. The van der Waals surface area contributed by atoms with Gasteiger partial charge in [-0.25, -0.2) is 4.98 Å². The number of piperazine rings is 1. The third-order valence-corrected chi connectivity index (χ3v) is 8.46. The molecule has 7 nitrogen and oxygen atoms in total. The molecule has 0 atom stereocenters. The second kappa shape index (κ2) is 16.6.